The molecule has 3 aromatic rings. The second-order valence-corrected chi connectivity index (χ2v) is 8.36. The van der Waals surface area contributed by atoms with Gasteiger partial charge in [0.1, 0.15) is 16.4 Å². The Morgan fingerprint density at radius 1 is 1.07 bits per heavy atom. The second kappa shape index (κ2) is 8.24. The van der Waals surface area contributed by atoms with Gasteiger partial charge in [-0.05, 0) is 61.2 Å². The third-order valence-electron chi connectivity index (χ3n) is 4.92. The zero-order valence-corrected chi connectivity index (χ0v) is 17.4. The van der Waals surface area contributed by atoms with Gasteiger partial charge in [-0.1, -0.05) is 13.0 Å². The minimum absolute atomic E-state index is 0.173. The SMILES string of the molecule is CCc1ccc(OC)c(S(=O)(=O)NCCc2c(C)[nH]c3ccc(OC)cc23)c1. The summed E-state index contributed by atoms with van der Waals surface area (Å²) < 4.78 is 38.9. The van der Waals surface area contributed by atoms with E-state index in [2.05, 4.69) is 9.71 Å². The Bertz CT molecular complexity index is 1090. The third kappa shape index (κ3) is 4.00. The number of fused-ring (bicyclic) bond motifs is 1. The van der Waals surface area contributed by atoms with Crippen LogP contribution in [-0.4, -0.2) is 34.2 Å². The summed E-state index contributed by atoms with van der Waals surface area (Å²) in [4.78, 5) is 3.51. The molecule has 0 bridgehead atoms. The van der Waals surface area contributed by atoms with Crippen LogP contribution in [0.25, 0.3) is 10.9 Å². The van der Waals surface area contributed by atoms with Gasteiger partial charge in [0, 0.05) is 23.1 Å². The number of ether oxygens (including phenoxy) is 2. The first-order valence-corrected chi connectivity index (χ1v) is 10.7. The normalized spacial score (nSPS) is 11.7. The van der Waals surface area contributed by atoms with Gasteiger partial charge in [-0.25, -0.2) is 13.1 Å². The fraction of sp³-hybridized carbons (Fsp3) is 0.333. The molecule has 0 radical (unpaired) electrons. The Kier molecular flexibility index (Phi) is 5.96. The average molecular weight is 403 g/mol. The van der Waals surface area contributed by atoms with Crippen molar-refractivity contribution < 1.29 is 17.9 Å². The Morgan fingerprint density at radius 3 is 2.54 bits per heavy atom. The number of benzene rings is 2. The van der Waals surface area contributed by atoms with Crippen LogP contribution in [0.15, 0.2) is 41.3 Å². The summed E-state index contributed by atoms with van der Waals surface area (Å²) in [6, 6.07) is 11.1. The monoisotopic (exact) mass is 402 g/mol. The lowest BCUT2D eigenvalue weighted by molar-refractivity contribution is 0.402. The number of methoxy groups -OCH3 is 2. The molecule has 3 rings (SSSR count). The number of aromatic amines is 1. The van der Waals surface area contributed by atoms with Crippen LogP contribution < -0.4 is 14.2 Å². The molecule has 0 amide bonds. The number of sulfonamides is 1. The van der Waals surface area contributed by atoms with Gasteiger partial charge >= 0.3 is 0 Å². The van der Waals surface area contributed by atoms with Crippen molar-refractivity contribution in [3.8, 4) is 11.5 Å². The molecule has 0 aliphatic rings. The van der Waals surface area contributed by atoms with E-state index in [0.717, 1.165) is 39.9 Å². The predicted octanol–water partition coefficient (Wildman–Crippen LogP) is 3.58. The summed E-state index contributed by atoms with van der Waals surface area (Å²) in [6.07, 6.45) is 1.32. The number of hydrogen-bond donors (Lipinski definition) is 2. The molecule has 0 spiro atoms. The maximum absolute atomic E-state index is 12.8. The number of rotatable bonds is 8. The molecule has 28 heavy (non-hydrogen) atoms. The van der Waals surface area contributed by atoms with Crippen LogP contribution in [0, 0.1) is 6.92 Å². The van der Waals surface area contributed by atoms with Gasteiger partial charge in [0.25, 0.3) is 0 Å². The van der Waals surface area contributed by atoms with Crippen molar-refractivity contribution in [3.63, 3.8) is 0 Å². The average Bonchev–Trinajstić information content (AvgIpc) is 3.01. The molecule has 0 saturated heterocycles. The fourth-order valence-corrected chi connectivity index (χ4v) is 4.60. The van der Waals surface area contributed by atoms with Gasteiger partial charge in [-0.2, -0.15) is 0 Å². The van der Waals surface area contributed by atoms with E-state index in [1.807, 2.05) is 38.1 Å². The number of H-pyrrole nitrogens is 1. The minimum Gasteiger partial charge on any atom is -0.497 e. The first kappa shape index (κ1) is 20.2. The van der Waals surface area contributed by atoms with E-state index < -0.39 is 10.0 Å². The molecule has 0 unspecified atom stereocenters. The van der Waals surface area contributed by atoms with Gasteiger partial charge in [0.15, 0.2) is 0 Å². The maximum atomic E-state index is 12.8. The number of nitrogens with one attached hydrogen (secondary N) is 2. The zero-order valence-electron chi connectivity index (χ0n) is 16.6. The standard InChI is InChI=1S/C21H26N2O4S/c1-5-15-6-9-20(27-4)21(12-15)28(24,25)22-11-10-17-14(2)23-19-8-7-16(26-3)13-18(17)19/h6-9,12-13,22-23H,5,10-11H2,1-4H3. The molecule has 0 aliphatic heterocycles. The van der Waals surface area contributed by atoms with E-state index in [0.29, 0.717) is 12.2 Å². The van der Waals surface area contributed by atoms with Gasteiger partial charge in [-0.15, -0.1) is 0 Å². The molecule has 0 fully saturated rings. The third-order valence-corrected chi connectivity index (χ3v) is 6.40. The quantitative estimate of drug-likeness (QED) is 0.604. The molecule has 6 nitrogen and oxygen atoms in total. The van der Waals surface area contributed by atoms with E-state index in [9.17, 15) is 8.42 Å². The highest BCUT2D eigenvalue weighted by Gasteiger charge is 2.20. The highest BCUT2D eigenvalue weighted by Crippen LogP contribution is 2.27. The van der Waals surface area contributed by atoms with E-state index >= 15 is 0 Å². The Hall–Kier alpha value is -2.51. The van der Waals surface area contributed by atoms with Crippen LogP contribution in [0.2, 0.25) is 0 Å². The van der Waals surface area contributed by atoms with Crippen LogP contribution in [-0.2, 0) is 22.9 Å². The molecule has 1 aromatic heterocycles. The Morgan fingerprint density at radius 2 is 1.86 bits per heavy atom. The van der Waals surface area contributed by atoms with Crippen molar-refractivity contribution in [2.24, 2.45) is 0 Å². The topological polar surface area (TPSA) is 80.4 Å². The summed E-state index contributed by atoms with van der Waals surface area (Å²) in [6.45, 7) is 4.26. The second-order valence-electron chi connectivity index (χ2n) is 6.63. The van der Waals surface area contributed by atoms with Crippen molar-refractivity contribution >= 4 is 20.9 Å². The lowest BCUT2D eigenvalue weighted by Gasteiger charge is -2.12. The van der Waals surface area contributed by atoms with E-state index in [1.165, 1.54) is 7.11 Å². The largest absolute Gasteiger partial charge is 0.497 e. The van der Waals surface area contributed by atoms with E-state index in [1.54, 1.807) is 19.2 Å². The molecular formula is C21H26N2O4S. The Labute approximate surface area is 165 Å². The molecular weight excluding hydrogens is 376 g/mol. The smallest absolute Gasteiger partial charge is 0.244 e. The van der Waals surface area contributed by atoms with Crippen molar-refractivity contribution in [3.05, 3.63) is 53.2 Å². The lowest BCUT2D eigenvalue weighted by atomic mass is 10.1. The first-order chi connectivity index (χ1) is 13.4. The summed E-state index contributed by atoms with van der Waals surface area (Å²) in [5.41, 5.74) is 4.05. The van der Waals surface area contributed by atoms with Crippen LogP contribution in [0.3, 0.4) is 0 Å². The van der Waals surface area contributed by atoms with Crippen molar-refractivity contribution in [1.29, 1.82) is 0 Å². The summed E-state index contributed by atoms with van der Waals surface area (Å²) >= 11 is 0. The van der Waals surface area contributed by atoms with Gasteiger partial charge in [-0.3, -0.25) is 0 Å². The van der Waals surface area contributed by atoms with Crippen molar-refractivity contribution in [1.82, 2.24) is 9.71 Å². The predicted molar refractivity (Wildman–Crippen MR) is 111 cm³/mol. The molecule has 0 atom stereocenters. The van der Waals surface area contributed by atoms with Crippen molar-refractivity contribution in [2.75, 3.05) is 20.8 Å². The van der Waals surface area contributed by atoms with Gasteiger partial charge in [0.2, 0.25) is 10.0 Å². The van der Waals surface area contributed by atoms with Crippen molar-refractivity contribution in [2.45, 2.75) is 31.6 Å². The first-order valence-electron chi connectivity index (χ1n) is 9.21. The molecule has 1 heterocycles. The molecule has 2 N–H and O–H groups in total. The maximum Gasteiger partial charge on any atom is 0.244 e. The molecule has 0 aliphatic carbocycles. The molecule has 7 heteroatoms. The van der Waals surface area contributed by atoms with Crippen LogP contribution in [0.5, 0.6) is 11.5 Å². The fourth-order valence-electron chi connectivity index (χ4n) is 3.35. The summed E-state index contributed by atoms with van der Waals surface area (Å²) in [5, 5.41) is 1.04. The molecule has 0 saturated carbocycles. The minimum atomic E-state index is -3.68. The summed E-state index contributed by atoms with van der Waals surface area (Å²) in [7, 11) is -0.572. The van der Waals surface area contributed by atoms with Gasteiger partial charge in [0.05, 0.1) is 14.2 Å². The molecule has 2 aromatic carbocycles. The van der Waals surface area contributed by atoms with Gasteiger partial charge < -0.3 is 14.5 Å². The van der Waals surface area contributed by atoms with Crippen LogP contribution in [0.1, 0.15) is 23.7 Å². The number of aromatic nitrogens is 1. The highest BCUT2D eigenvalue weighted by atomic mass is 32.2. The van der Waals surface area contributed by atoms with E-state index in [4.69, 9.17) is 9.47 Å². The zero-order chi connectivity index (χ0) is 20.3. The summed E-state index contributed by atoms with van der Waals surface area (Å²) in [5.74, 6) is 1.12. The molecule has 150 valence electrons. The van der Waals surface area contributed by atoms with Crippen LogP contribution in [0.4, 0.5) is 0 Å². The number of aryl methyl sites for hydroxylation is 2. The Balaban J connectivity index is 1.81. The highest BCUT2D eigenvalue weighted by molar-refractivity contribution is 7.89. The van der Waals surface area contributed by atoms with Crippen LogP contribution >= 0.6 is 0 Å². The lowest BCUT2D eigenvalue weighted by Crippen LogP contribution is -2.26. The van der Waals surface area contributed by atoms with E-state index in [-0.39, 0.29) is 11.4 Å². The number of hydrogen-bond acceptors (Lipinski definition) is 4.